The van der Waals surface area contributed by atoms with Crippen molar-refractivity contribution in [3.8, 4) is 0 Å². The maximum atomic E-state index is 5.79. The minimum absolute atomic E-state index is 0.471. The second kappa shape index (κ2) is 7.07. The van der Waals surface area contributed by atoms with Gasteiger partial charge in [-0.1, -0.05) is 50.9 Å². The van der Waals surface area contributed by atoms with E-state index >= 15 is 0 Å². The Labute approximate surface area is 128 Å². The van der Waals surface area contributed by atoms with Crippen molar-refractivity contribution < 1.29 is 0 Å². The Hall–Kier alpha value is -1.09. The molecule has 0 aromatic heterocycles. The van der Waals surface area contributed by atoms with Crippen LogP contribution in [0.5, 0.6) is 0 Å². The highest BCUT2D eigenvalue weighted by Gasteiger charge is 2.17. The first kappa shape index (κ1) is 15.3. The molecule has 1 fully saturated rings. The molecule has 2 rings (SSSR count). The van der Waals surface area contributed by atoms with Gasteiger partial charge in [-0.05, 0) is 42.9 Å². The van der Waals surface area contributed by atoms with Crippen LogP contribution >= 0.6 is 12.2 Å². The van der Waals surface area contributed by atoms with Crippen LogP contribution in [0.3, 0.4) is 0 Å². The summed E-state index contributed by atoms with van der Waals surface area (Å²) < 4.78 is 0. The van der Waals surface area contributed by atoms with E-state index in [0.29, 0.717) is 4.99 Å². The zero-order valence-electron chi connectivity index (χ0n) is 12.6. The Morgan fingerprint density at radius 1 is 1.30 bits per heavy atom. The van der Waals surface area contributed by atoms with Gasteiger partial charge in [-0.15, -0.1) is 0 Å². The Morgan fingerprint density at radius 2 is 2.00 bits per heavy atom. The summed E-state index contributed by atoms with van der Waals surface area (Å²) in [7, 11) is 0. The summed E-state index contributed by atoms with van der Waals surface area (Å²) in [5.41, 5.74) is 9.07. The topological polar surface area (TPSA) is 38.0 Å². The lowest BCUT2D eigenvalue weighted by atomic mass is 9.81. The van der Waals surface area contributed by atoms with Gasteiger partial charge in [0, 0.05) is 17.8 Å². The molecule has 0 atom stereocenters. The minimum atomic E-state index is 0.471. The zero-order valence-corrected chi connectivity index (χ0v) is 13.4. The van der Waals surface area contributed by atoms with Crippen molar-refractivity contribution >= 4 is 22.9 Å². The first-order chi connectivity index (χ1) is 9.56. The van der Waals surface area contributed by atoms with Crippen LogP contribution in [0.2, 0.25) is 0 Å². The molecule has 0 aliphatic heterocycles. The van der Waals surface area contributed by atoms with Crippen LogP contribution in [0.4, 0.5) is 5.69 Å². The third kappa shape index (κ3) is 4.20. The van der Waals surface area contributed by atoms with Crippen molar-refractivity contribution in [1.29, 1.82) is 0 Å². The number of rotatable bonds is 5. The van der Waals surface area contributed by atoms with Crippen molar-refractivity contribution in [2.75, 3.05) is 11.9 Å². The van der Waals surface area contributed by atoms with Crippen molar-refractivity contribution in [1.82, 2.24) is 0 Å². The van der Waals surface area contributed by atoms with E-state index < -0.39 is 0 Å². The molecule has 0 unspecified atom stereocenters. The van der Waals surface area contributed by atoms with E-state index in [-0.39, 0.29) is 0 Å². The predicted octanol–water partition coefficient (Wildman–Crippen LogP) is 4.26. The zero-order chi connectivity index (χ0) is 14.5. The Kier molecular flexibility index (Phi) is 5.41. The van der Waals surface area contributed by atoms with Gasteiger partial charge in [0.2, 0.25) is 0 Å². The fourth-order valence-corrected chi connectivity index (χ4v) is 3.23. The molecule has 0 amide bonds. The average Bonchev–Trinajstić information content (AvgIpc) is 2.41. The molecule has 1 aliphatic carbocycles. The third-order valence-electron chi connectivity index (χ3n) is 4.44. The molecule has 1 aromatic rings. The van der Waals surface area contributed by atoms with Gasteiger partial charge in [-0.2, -0.15) is 0 Å². The molecule has 0 spiro atoms. The highest BCUT2D eigenvalue weighted by molar-refractivity contribution is 7.80. The number of hydrogen-bond acceptors (Lipinski definition) is 2. The molecule has 0 radical (unpaired) electrons. The standard InChI is InChI=1S/C17H26N2S/c1-12-3-6-14(7-4-12)9-10-19-16-11-13(2)5-8-15(16)17(18)20/h5,8,11-12,14,19H,3-4,6-7,9-10H2,1-2H3,(H2,18,20). The Bertz CT molecular complexity index is 462. The van der Waals surface area contributed by atoms with Gasteiger partial charge in [0.15, 0.2) is 0 Å². The van der Waals surface area contributed by atoms with Crippen LogP contribution in [0.25, 0.3) is 0 Å². The third-order valence-corrected chi connectivity index (χ3v) is 4.66. The number of anilines is 1. The fraction of sp³-hybridized carbons (Fsp3) is 0.588. The lowest BCUT2D eigenvalue weighted by Gasteiger charge is -2.26. The number of hydrogen-bond donors (Lipinski definition) is 2. The van der Waals surface area contributed by atoms with Gasteiger partial charge in [0.05, 0.1) is 0 Å². The van der Waals surface area contributed by atoms with Gasteiger partial charge in [-0.25, -0.2) is 0 Å². The normalized spacial score (nSPS) is 22.5. The molecule has 3 N–H and O–H groups in total. The second-order valence-electron chi connectivity index (χ2n) is 6.25. The molecule has 20 heavy (non-hydrogen) atoms. The molecule has 0 bridgehead atoms. The van der Waals surface area contributed by atoms with Crippen LogP contribution in [-0.4, -0.2) is 11.5 Å². The van der Waals surface area contributed by atoms with E-state index in [1.807, 2.05) is 6.07 Å². The van der Waals surface area contributed by atoms with Crippen molar-refractivity contribution in [2.24, 2.45) is 17.6 Å². The average molecular weight is 290 g/mol. The summed E-state index contributed by atoms with van der Waals surface area (Å²) in [6, 6.07) is 6.21. The van der Waals surface area contributed by atoms with E-state index in [0.717, 1.165) is 29.6 Å². The largest absolute Gasteiger partial charge is 0.389 e. The van der Waals surface area contributed by atoms with Crippen LogP contribution in [0.1, 0.15) is 50.2 Å². The van der Waals surface area contributed by atoms with E-state index in [2.05, 4.69) is 31.3 Å². The predicted molar refractivity (Wildman–Crippen MR) is 91.3 cm³/mol. The smallest absolute Gasteiger partial charge is 0.106 e. The van der Waals surface area contributed by atoms with E-state index in [1.54, 1.807) is 0 Å². The SMILES string of the molecule is Cc1ccc(C(N)=S)c(NCCC2CCC(C)CC2)c1. The van der Waals surface area contributed by atoms with Gasteiger partial charge in [0.1, 0.15) is 4.99 Å². The summed E-state index contributed by atoms with van der Waals surface area (Å²) in [5, 5.41) is 3.53. The monoisotopic (exact) mass is 290 g/mol. The van der Waals surface area contributed by atoms with Crippen molar-refractivity contribution in [3.05, 3.63) is 29.3 Å². The number of nitrogens with one attached hydrogen (secondary N) is 1. The minimum Gasteiger partial charge on any atom is -0.389 e. The summed E-state index contributed by atoms with van der Waals surface area (Å²) >= 11 is 5.12. The van der Waals surface area contributed by atoms with Crippen LogP contribution in [0, 0.1) is 18.8 Å². The molecule has 2 nitrogen and oxygen atoms in total. The summed E-state index contributed by atoms with van der Waals surface area (Å²) in [6.45, 7) is 5.48. The summed E-state index contributed by atoms with van der Waals surface area (Å²) in [6.07, 6.45) is 6.82. The number of thiocarbonyl (C=S) groups is 1. The second-order valence-corrected chi connectivity index (χ2v) is 6.69. The molecule has 0 heterocycles. The number of benzene rings is 1. The van der Waals surface area contributed by atoms with E-state index in [4.69, 9.17) is 18.0 Å². The Morgan fingerprint density at radius 3 is 2.65 bits per heavy atom. The maximum Gasteiger partial charge on any atom is 0.106 e. The quantitative estimate of drug-likeness (QED) is 0.796. The molecular formula is C17H26N2S. The molecule has 1 aromatic carbocycles. The maximum absolute atomic E-state index is 5.79. The van der Waals surface area contributed by atoms with Gasteiger partial charge in [0.25, 0.3) is 0 Å². The van der Waals surface area contributed by atoms with E-state index in [9.17, 15) is 0 Å². The van der Waals surface area contributed by atoms with Crippen molar-refractivity contribution in [3.63, 3.8) is 0 Å². The highest BCUT2D eigenvalue weighted by atomic mass is 32.1. The van der Waals surface area contributed by atoms with Crippen LogP contribution < -0.4 is 11.1 Å². The van der Waals surface area contributed by atoms with Crippen molar-refractivity contribution in [2.45, 2.75) is 46.0 Å². The molecule has 3 heteroatoms. The number of aryl methyl sites for hydroxylation is 1. The number of nitrogens with two attached hydrogens (primary N) is 1. The highest BCUT2D eigenvalue weighted by Crippen LogP contribution is 2.30. The van der Waals surface area contributed by atoms with Crippen LogP contribution in [0.15, 0.2) is 18.2 Å². The summed E-state index contributed by atoms with van der Waals surface area (Å²) in [4.78, 5) is 0.471. The first-order valence-electron chi connectivity index (χ1n) is 7.70. The van der Waals surface area contributed by atoms with Gasteiger partial charge in [-0.3, -0.25) is 0 Å². The van der Waals surface area contributed by atoms with Crippen LogP contribution in [-0.2, 0) is 0 Å². The Balaban J connectivity index is 1.87. The lowest BCUT2D eigenvalue weighted by molar-refractivity contribution is 0.282. The summed E-state index contributed by atoms with van der Waals surface area (Å²) in [5.74, 6) is 1.81. The molecule has 1 saturated carbocycles. The first-order valence-corrected chi connectivity index (χ1v) is 8.11. The molecule has 110 valence electrons. The molecule has 1 aliphatic rings. The lowest BCUT2D eigenvalue weighted by Crippen LogP contribution is -2.17. The van der Waals surface area contributed by atoms with E-state index in [1.165, 1.54) is 37.7 Å². The molecule has 0 saturated heterocycles. The fourth-order valence-electron chi connectivity index (χ4n) is 3.05. The van der Waals surface area contributed by atoms with Gasteiger partial charge < -0.3 is 11.1 Å². The van der Waals surface area contributed by atoms with Gasteiger partial charge >= 0.3 is 0 Å². The molecular weight excluding hydrogens is 264 g/mol.